The normalized spacial score (nSPS) is 13.3. The molecule has 3 nitrogen and oxygen atoms in total. The number of carboxylic acid groups (broad SMARTS) is 1. The molecule has 1 unspecified atom stereocenters. The molecule has 0 aromatic rings. The molecule has 0 spiro atoms. The Bertz CT molecular complexity index is 178. The van der Waals surface area contributed by atoms with Crippen LogP contribution in [0, 0.1) is 5.92 Å². The van der Waals surface area contributed by atoms with E-state index >= 15 is 0 Å². The van der Waals surface area contributed by atoms with E-state index in [-0.39, 0.29) is 5.92 Å². The van der Waals surface area contributed by atoms with Crippen LogP contribution in [0.15, 0.2) is 12.7 Å². The van der Waals surface area contributed by atoms with Gasteiger partial charge in [-0.05, 0) is 13.8 Å². The average Bonchev–Trinajstić information content (AvgIpc) is 2.03. The first-order chi connectivity index (χ1) is 5.99. The predicted octanol–water partition coefficient (Wildman–Crippen LogP) is 1.60. The molecule has 0 aliphatic heterocycles. The fourth-order valence-electron chi connectivity index (χ4n) is 1.09. The summed E-state index contributed by atoms with van der Waals surface area (Å²) in [4.78, 5) is 12.7. The number of rotatable bonds is 6. The topological polar surface area (TPSA) is 40.5 Å². The number of carbonyl (C=O) groups is 1. The van der Waals surface area contributed by atoms with Crippen molar-refractivity contribution in [3.8, 4) is 0 Å². The number of nitrogens with zero attached hydrogens (tertiary/aromatic N) is 1. The first-order valence-electron chi connectivity index (χ1n) is 4.56. The lowest BCUT2D eigenvalue weighted by atomic mass is 10.1. The highest BCUT2D eigenvalue weighted by Gasteiger charge is 2.16. The van der Waals surface area contributed by atoms with Crippen LogP contribution >= 0.6 is 0 Å². The van der Waals surface area contributed by atoms with Crippen LogP contribution in [0.3, 0.4) is 0 Å². The number of hydrogen-bond acceptors (Lipinski definition) is 2. The van der Waals surface area contributed by atoms with Crippen molar-refractivity contribution < 1.29 is 9.90 Å². The Balaban J connectivity index is 4.08. The zero-order chi connectivity index (χ0) is 10.4. The van der Waals surface area contributed by atoms with Gasteiger partial charge in [-0.2, -0.15) is 0 Å². The molecule has 0 bridgehead atoms. The summed E-state index contributed by atoms with van der Waals surface area (Å²) in [5.41, 5.74) is 0. The van der Waals surface area contributed by atoms with Crippen molar-refractivity contribution in [2.75, 3.05) is 13.1 Å². The molecule has 0 heterocycles. The van der Waals surface area contributed by atoms with Gasteiger partial charge in [-0.3, -0.25) is 9.69 Å². The second-order valence-electron chi connectivity index (χ2n) is 3.58. The molecule has 0 saturated heterocycles. The Morgan fingerprint density at radius 2 is 2.08 bits per heavy atom. The SMILES string of the molecule is C=CCN(CC(C)C(=O)O)C(C)C. The van der Waals surface area contributed by atoms with Crippen LogP contribution in [0.1, 0.15) is 20.8 Å². The van der Waals surface area contributed by atoms with Crippen molar-refractivity contribution >= 4 is 5.97 Å². The van der Waals surface area contributed by atoms with Crippen molar-refractivity contribution in [3.05, 3.63) is 12.7 Å². The lowest BCUT2D eigenvalue weighted by Gasteiger charge is -2.26. The molecule has 0 fully saturated rings. The highest BCUT2D eigenvalue weighted by atomic mass is 16.4. The number of hydrogen-bond donors (Lipinski definition) is 1. The zero-order valence-electron chi connectivity index (χ0n) is 8.66. The third kappa shape index (κ3) is 4.68. The van der Waals surface area contributed by atoms with Crippen molar-refractivity contribution in [1.82, 2.24) is 4.90 Å². The standard InChI is InChI=1S/C10H19NO2/c1-5-6-11(8(2)3)7-9(4)10(12)13/h5,8-9H,1,6-7H2,2-4H3,(H,12,13). The second-order valence-corrected chi connectivity index (χ2v) is 3.58. The molecule has 76 valence electrons. The molecule has 0 amide bonds. The van der Waals surface area contributed by atoms with Gasteiger partial charge in [0.25, 0.3) is 0 Å². The maximum absolute atomic E-state index is 10.6. The molecule has 0 aromatic carbocycles. The van der Waals surface area contributed by atoms with Gasteiger partial charge < -0.3 is 5.11 Å². The molecule has 13 heavy (non-hydrogen) atoms. The molecule has 0 aliphatic carbocycles. The van der Waals surface area contributed by atoms with E-state index in [1.165, 1.54) is 0 Å². The van der Waals surface area contributed by atoms with Gasteiger partial charge in [0, 0.05) is 19.1 Å². The molecule has 0 rings (SSSR count). The fraction of sp³-hybridized carbons (Fsp3) is 0.700. The summed E-state index contributed by atoms with van der Waals surface area (Å²) in [6.45, 7) is 10.8. The maximum atomic E-state index is 10.6. The van der Waals surface area contributed by atoms with Crippen LogP contribution in [0.2, 0.25) is 0 Å². The molecule has 0 aromatic heterocycles. The molecule has 0 aliphatic rings. The van der Waals surface area contributed by atoms with Crippen LogP contribution in [-0.4, -0.2) is 35.1 Å². The minimum absolute atomic E-state index is 0.317. The van der Waals surface area contributed by atoms with Gasteiger partial charge in [0.2, 0.25) is 0 Å². The van der Waals surface area contributed by atoms with Gasteiger partial charge in [0.05, 0.1) is 5.92 Å². The van der Waals surface area contributed by atoms with E-state index in [0.29, 0.717) is 12.6 Å². The number of aliphatic carboxylic acids is 1. The van der Waals surface area contributed by atoms with E-state index in [1.807, 2.05) is 0 Å². The summed E-state index contributed by atoms with van der Waals surface area (Å²) in [6, 6.07) is 0.361. The molecule has 3 heteroatoms. The minimum atomic E-state index is -0.741. The van der Waals surface area contributed by atoms with Crippen LogP contribution in [-0.2, 0) is 4.79 Å². The Morgan fingerprint density at radius 3 is 2.38 bits per heavy atom. The number of carboxylic acids is 1. The van der Waals surface area contributed by atoms with Crippen LogP contribution in [0.25, 0.3) is 0 Å². The van der Waals surface area contributed by atoms with E-state index in [4.69, 9.17) is 5.11 Å². The van der Waals surface area contributed by atoms with Gasteiger partial charge in [-0.1, -0.05) is 13.0 Å². The smallest absolute Gasteiger partial charge is 0.307 e. The van der Waals surface area contributed by atoms with Gasteiger partial charge in [0.1, 0.15) is 0 Å². The Labute approximate surface area is 80.0 Å². The fourth-order valence-corrected chi connectivity index (χ4v) is 1.09. The van der Waals surface area contributed by atoms with Crippen molar-refractivity contribution in [1.29, 1.82) is 0 Å². The summed E-state index contributed by atoms with van der Waals surface area (Å²) in [7, 11) is 0. The summed E-state index contributed by atoms with van der Waals surface area (Å²) < 4.78 is 0. The molecular formula is C10H19NO2. The Hall–Kier alpha value is -0.830. The van der Waals surface area contributed by atoms with Crippen LogP contribution < -0.4 is 0 Å². The molecule has 1 N–H and O–H groups in total. The highest BCUT2D eigenvalue weighted by molar-refractivity contribution is 5.69. The van der Waals surface area contributed by atoms with Crippen LogP contribution in [0.4, 0.5) is 0 Å². The molecule has 1 atom stereocenters. The van der Waals surface area contributed by atoms with E-state index in [1.54, 1.807) is 13.0 Å². The quantitative estimate of drug-likeness (QED) is 0.639. The van der Waals surface area contributed by atoms with Gasteiger partial charge in [0.15, 0.2) is 0 Å². The predicted molar refractivity (Wildman–Crippen MR) is 53.7 cm³/mol. The van der Waals surface area contributed by atoms with Gasteiger partial charge in [-0.25, -0.2) is 0 Å². The van der Waals surface area contributed by atoms with Gasteiger partial charge in [-0.15, -0.1) is 6.58 Å². The van der Waals surface area contributed by atoms with Crippen LogP contribution in [0.5, 0.6) is 0 Å². The zero-order valence-corrected chi connectivity index (χ0v) is 8.66. The summed E-state index contributed by atoms with van der Waals surface area (Å²) in [5.74, 6) is -1.06. The first kappa shape index (κ1) is 12.2. The van der Waals surface area contributed by atoms with Crippen molar-refractivity contribution in [3.63, 3.8) is 0 Å². The monoisotopic (exact) mass is 185 g/mol. The highest BCUT2D eigenvalue weighted by Crippen LogP contribution is 2.04. The summed E-state index contributed by atoms with van der Waals surface area (Å²) in [5, 5.41) is 8.73. The third-order valence-corrected chi connectivity index (χ3v) is 2.02. The van der Waals surface area contributed by atoms with Crippen molar-refractivity contribution in [2.45, 2.75) is 26.8 Å². The lowest BCUT2D eigenvalue weighted by molar-refractivity contribution is -0.141. The third-order valence-electron chi connectivity index (χ3n) is 2.02. The van der Waals surface area contributed by atoms with E-state index in [2.05, 4.69) is 25.3 Å². The Morgan fingerprint density at radius 1 is 1.54 bits per heavy atom. The summed E-state index contributed by atoms with van der Waals surface area (Å²) >= 11 is 0. The maximum Gasteiger partial charge on any atom is 0.307 e. The minimum Gasteiger partial charge on any atom is -0.481 e. The molecule has 0 radical (unpaired) electrons. The van der Waals surface area contributed by atoms with Crippen molar-refractivity contribution in [2.24, 2.45) is 5.92 Å². The van der Waals surface area contributed by atoms with E-state index in [9.17, 15) is 4.79 Å². The van der Waals surface area contributed by atoms with E-state index in [0.717, 1.165) is 6.54 Å². The largest absolute Gasteiger partial charge is 0.481 e. The summed E-state index contributed by atoms with van der Waals surface area (Å²) in [6.07, 6.45) is 1.80. The lowest BCUT2D eigenvalue weighted by Crippen LogP contribution is -2.36. The average molecular weight is 185 g/mol. The van der Waals surface area contributed by atoms with Gasteiger partial charge >= 0.3 is 5.97 Å². The van der Waals surface area contributed by atoms with E-state index < -0.39 is 5.97 Å². The molecular weight excluding hydrogens is 166 g/mol. The first-order valence-corrected chi connectivity index (χ1v) is 4.56. The Kier molecular flexibility index (Phi) is 5.39. The molecule has 0 saturated carbocycles. The second kappa shape index (κ2) is 5.75.